The van der Waals surface area contributed by atoms with Crippen molar-refractivity contribution in [3.05, 3.63) is 47.3 Å². The lowest BCUT2D eigenvalue weighted by Gasteiger charge is -2.05. The first kappa shape index (κ1) is 13.8. The van der Waals surface area contributed by atoms with Gasteiger partial charge in [0.25, 0.3) is 0 Å². The van der Waals surface area contributed by atoms with Gasteiger partial charge in [-0.2, -0.15) is 0 Å². The Balaban J connectivity index is 1.16. The molecule has 6 rings (SSSR count). The fourth-order valence-corrected chi connectivity index (χ4v) is 4.92. The zero-order chi connectivity index (χ0) is 15.8. The van der Waals surface area contributed by atoms with E-state index in [4.69, 9.17) is 8.83 Å². The summed E-state index contributed by atoms with van der Waals surface area (Å²) in [5, 5.41) is 0. The normalized spacial score (nSPS) is 34.8. The summed E-state index contributed by atoms with van der Waals surface area (Å²) in [6.07, 6.45) is 8.49. The van der Waals surface area contributed by atoms with Crippen LogP contribution in [-0.4, -0.2) is 0 Å². The fraction of sp³-hybridized carbons (Fsp3) is 0.636. The van der Waals surface area contributed by atoms with Gasteiger partial charge in [0, 0.05) is 11.8 Å². The van der Waals surface area contributed by atoms with Crippen LogP contribution in [0.3, 0.4) is 0 Å². The number of hydrogen-bond acceptors (Lipinski definition) is 2. The van der Waals surface area contributed by atoms with Crippen LogP contribution in [0.1, 0.15) is 86.2 Å². The van der Waals surface area contributed by atoms with Crippen molar-refractivity contribution in [2.24, 2.45) is 23.7 Å². The van der Waals surface area contributed by atoms with Gasteiger partial charge in [0.1, 0.15) is 23.0 Å². The van der Waals surface area contributed by atoms with Gasteiger partial charge in [0.15, 0.2) is 0 Å². The van der Waals surface area contributed by atoms with E-state index in [-0.39, 0.29) is 5.92 Å². The maximum Gasteiger partial charge on any atom is 0.114 e. The van der Waals surface area contributed by atoms with Crippen LogP contribution in [-0.2, 0) is 0 Å². The van der Waals surface area contributed by atoms with Crippen molar-refractivity contribution in [3.8, 4) is 0 Å². The minimum absolute atomic E-state index is 0.226. The molecule has 2 heteroatoms. The van der Waals surface area contributed by atoms with E-state index >= 15 is 0 Å². The first-order valence-electron chi connectivity index (χ1n) is 9.97. The first-order chi connectivity index (χ1) is 11.8. The van der Waals surface area contributed by atoms with Crippen LogP contribution in [0.15, 0.2) is 33.1 Å². The third kappa shape index (κ3) is 2.29. The third-order valence-electron chi connectivity index (χ3n) is 7.01. The molecule has 4 aliphatic rings. The molecule has 4 aliphatic carbocycles. The molecule has 0 unspecified atom stereocenters. The average Bonchev–Trinajstić information content (AvgIpc) is 3.41. The molecule has 0 bridgehead atoms. The molecule has 4 saturated carbocycles. The molecule has 2 nitrogen and oxygen atoms in total. The summed E-state index contributed by atoms with van der Waals surface area (Å²) in [4.78, 5) is 0. The second kappa shape index (κ2) is 4.80. The van der Waals surface area contributed by atoms with Gasteiger partial charge in [-0.15, -0.1) is 0 Å². The van der Waals surface area contributed by atoms with Crippen molar-refractivity contribution >= 4 is 0 Å². The van der Waals surface area contributed by atoms with Crippen molar-refractivity contribution < 1.29 is 8.83 Å². The van der Waals surface area contributed by atoms with E-state index in [1.165, 1.54) is 50.0 Å². The van der Waals surface area contributed by atoms with Crippen LogP contribution in [0.4, 0.5) is 0 Å². The molecule has 0 N–H and O–H groups in total. The van der Waals surface area contributed by atoms with Crippen molar-refractivity contribution in [2.45, 2.75) is 63.2 Å². The predicted octanol–water partition coefficient (Wildman–Crippen LogP) is 6.05. The highest BCUT2D eigenvalue weighted by molar-refractivity contribution is 5.27. The van der Waals surface area contributed by atoms with E-state index in [1.807, 2.05) is 0 Å². The van der Waals surface area contributed by atoms with E-state index in [9.17, 15) is 0 Å². The Bertz CT molecular complexity index is 696. The number of hydrogen-bond donors (Lipinski definition) is 0. The van der Waals surface area contributed by atoms with Crippen molar-refractivity contribution in [2.75, 3.05) is 0 Å². The molecule has 0 saturated heterocycles. The van der Waals surface area contributed by atoms with Gasteiger partial charge in [-0.3, -0.25) is 0 Å². The zero-order valence-electron chi connectivity index (χ0n) is 14.4. The lowest BCUT2D eigenvalue weighted by molar-refractivity contribution is 0.400. The molecule has 0 amide bonds. The van der Waals surface area contributed by atoms with E-state index < -0.39 is 0 Å². The summed E-state index contributed by atoms with van der Waals surface area (Å²) in [6.45, 7) is 2.21. The molecule has 0 aliphatic heterocycles. The molecule has 24 heavy (non-hydrogen) atoms. The highest BCUT2D eigenvalue weighted by Gasteiger charge is 2.50. The van der Waals surface area contributed by atoms with E-state index in [2.05, 4.69) is 31.2 Å². The van der Waals surface area contributed by atoms with Crippen molar-refractivity contribution in [1.29, 1.82) is 0 Å². The average molecular weight is 322 g/mol. The standard InChI is InChI=1S/C22H26O2/c1-12(19-6-8-21(23-19)17-10-15(17)13-2-3-13)20-7-9-22(24-20)18-11-16(18)14-4-5-14/h6-9,12-18H,2-5,10-11H2,1H3/t15-,16-,17-,18-/m1/s1. The summed E-state index contributed by atoms with van der Waals surface area (Å²) in [6, 6.07) is 8.78. The van der Waals surface area contributed by atoms with Crippen molar-refractivity contribution in [3.63, 3.8) is 0 Å². The molecule has 2 aromatic heterocycles. The second-order valence-electron chi connectivity index (χ2n) is 8.89. The van der Waals surface area contributed by atoms with Crippen LogP contribution < -0.4 is 0 Å². The Kier molecular flexibility index (Phi) is 2.76. The van der Waals surface area contributed by atoms with Crippen molar-refractivity contribution in [1.82, 2.24) is 0 Å². The molecule has 0 spiro atoms. The van der Waals surface area contributed by atoms with Gasteiger partial charge in [-0.05, 0) is 93.4 Å². The van der Waals surface area contributed by atoms with Crippen LogP contribution in [0.2, 0.25) is 0 Å². The van der Waals surface area contributed by atoms with Gasteiger partial charge in [0.2, 0.25) is 0 Å². The topological polar surface area (TPSA) is 26.3 Å². The quantitative estimate of drug-likeness (QED) is 0.647. The molecule has 2 aromatic rings. The Morgan fingerprint density at radius 3 is 1.62 bits per heavy atom. The maximum absolute atomic E-state index is 6.23. The molecule has 4 fully saturated rings. The summed E-state index contributed by atoms with van der Waals surface area (Å²) < 4.78 is 12.5. The van der Waals surface area contributed by atoms with E-state index in [0.29, 0.717) is 11.8 Å². The molecular weight excluding hydrogens is 296 g/mol. The highest BCUT2D eigenvalue weighted by Crippen LogP contribution is 2.60. The van der Waals surface area contributed by atoms with Gasteiger partial charge < -0.3 is 8.83 Å². The monoisotopic (exact) mass is 322 g/mol. The lowest BCUT2D eigenvalue weighted by atomic mass is 10.1. The molecule has 2 heterocycles. The zero-order valence-corrected chi connectivity index (χ0v) is 14.4. The third-order valence-corrected chi connectivity index (χ3v) is 7.01. The molecule has 0 aromatic carbocycles. The Hall–Kier alpha value is -1.44. The fourth-order valence-electron chi connectivity index (χ4n) is 4.92. The molecular formula is C22H26O2. The molecule has 126 valence electrons. The predicted molar refractivity (Wildman–Crippen MR) is 92.1 cm³/mol. The van der Waals surface area contributed by atoms with Crippen LogP contribution >= 0.6 is 0 Å². The number of rotatable bonds is 6. The Labute approximate surface area is 143 Å². The summed E-state index contributed by atoms with van der Waals surface area (Å²) in [5.41, 5.74) is 0. The van der Waals surface area contributed by atoms with Crippen LogP contribution in [0.25, 0.3) is 0 Å². The second-order valence-corrected chi connectivity index (χ2v) is 8.89. The summed E-state index contributed by atoms with van der Waals surface area (Å²) in [5.74, 6) is 10.1. The molecule has 0 radical (unpaired) electrons. The minimum atomic E-state index is 0.226. The van der Waals surface area contributed by atoms with Crippen LogP contribution in [0, 0.1) is 23.7 Å². The van der Waals surface area contributed by atoms with Crippen LogP contribution in [0.5, 0.6) is 0 Å². The van der Waals surface area contributed by atoms with E-state index in [0.717, 1.165) is 35.2 Å². The summed E-state index contributed by atoms with van der Waals surface area (Å²) >= 11 is 0. The maximum atomic E-state index is 6.23. The van der Waals surface area contributed by atoms with Gasteiger partial charge in [-0.25, -0.2) is 0 Å². The Morgan fingerprint density at radius 2 is 1.21 bits per heavy atom. The Morgan fingerprint density at radius 1 is 0.750 bits per heavy atom. The summed E-state index contributed by atoms with van der Waals surface area (Å²) in [7, 11) is 0. The van der Waals surface area contributed by atoms with Gasteiger partial charge >= 0.3 is 0 Å². The van der Waals surface area contributed by atoms with Gasteiger partial charge in [-0.1, -0.05) is 0 Å². The number of furan rings is 2. The SMILES string of the molecule is CC(c1ccc([C@@H]2C[C@@H]2C2CC2)o1)c1ccc([C@@H]2C[C@@H]2C2CC2)o1. The minimum Gasteiger partial charge on any atom is -0.465 e. The largest absolute Gasteiger partial charge is 0.465 e. The first-order valence-corrected chi connectivity index (χ1v) is 9.97. The van der Waals surface area contributed by atoms with E-state index in [1.54, 1.807) is 0 Å². The highest BCUT2D eigenvalue weighted by atomic mass is 16.4. The molecule has 4 atom stereocenters. The smallest absolute Gasteiger partial charge is 0.114 e. The van der Waals surface area contributed by atoms with Gasteiger partial charge in [0.05, 0.1) is 5.92 Å². The lowest BCUT2D eigenvalue weighted by Crippen LogP contribution is -1.92.